The van der Waals surface area contributed by atoms with Gasteiger partial charge < -0.3 is 19.6 Å². The maximum absolute atomic E-state index is 6.12. The van der Waals surface area contributed by atoms with Gasteiger partial charge in [-0.1, -0.05) is 54.6 Å². The summed E-state index contributed by atoms with van der Waals surface area (Å²) in [5.41, 5.74) is 10.9. The summed E-state index contributed by atoms with van der Waals surface area (Å²) < 4.78 is 17.3. The Morgan fingerprint density at radius 1 is 0.968 bits per heavy atom. The number of oxazole rings is 1. The van der Waals surface area contributed by atoms with Crippen LogP contribution in [0, 0.1) is 0 Å². The lowest BCUT2D eigenvalue weighted by atomic mass is 10.1. The fourth-order valence-electron chi connectivity index (χ4n) is 3.18. The molecule has 158 valence electrons. The van der Waals surface area contributed by atoms with E-state index < -0.39 is 0 Å². The van der Waals surface area contributed by atoms with Crippen molar-refractivity contribution in [3.8, 4) is 11.5 Å². The number of nitrogens with zero attached hydrogens (tertiary/aromatic N) is 1. The van der Waals surface area contributed by atoms with Crippen LogP contribution in [0.1, 0.15) is 18.1 Å². The second-order valence-corrected chi connectivity index (χ2v) is 7.44. The van der Waals surface area contributed by atoms with Crippen LogP contribution in [0.4, 0.5) is 0 Å². The molecule has 1 aromatic heterocycles. The second-order valence-electron chi connectivity index (χ2n) is 7.44. The SMILES string of the molecule is C/C(=C\c1ccccc1)OCC(N)COCc1ccc(-c2nc3ccccc3o2)cc1. The summed E-state index contributed by atoms with van der Waals surface area (Å²) in [6, 6.07) is 25.6. The minimum Gasteiger partial charge on any atom is -0.497 e. The van der Waals surface area contributed by atoms with Crippen LogP contribution in [0.2, 0.25) is 0 Å². The van der Waals surface area contributed by atoms with Gasteiger partial charge in [0.2, 0.25) is 5.89 Å². The highest BCUT2D eigenvalue weighted by atomic mass is 16.5. The van der Waals surface area contributed by atoms with Gasteiger partial charge in [0, 0.05) is 5.56 Å². The number of fused-ring (bicyclic) bond motifs is 1. The third-order valence-corrected chi connectivity index (χ3v) is 4.79. The lowest BCUT2D eigenvalue weighted by molar-refractivity contribution is 0.0816. The van der Waals surface area contributed by atoms with Crippen LogP contribution in [0.5, 0.6) is 0 Å². The van der Waals surface area contributed by atoms with Gasteiger partial charge in [-0.3, -0.25) is 0 Å². The minimum absolute atomic E-state index is 0.196. The van der Waals surface area contributed by atoms with Crippen molar-refractivity contribution < 1.29 is 13.9 Å². The van der Waals surface area contributed by atoms with Crippen molar-refractivity contribution in [1.82, 2.24) is 4.98 Å². The van der Waals surface area contributed by atoms with E-state index in [1.165, 1.54) is 0 Å². The molecule has 4 aromatic rings. The van der Waals surface area contributed by atoms with Crippen LogP contribution in [0.15, 0.2) is 89.0 Å². The molecule has 0 aliphatic heterocycles. The van der Waals surface area contributed by atoms with Gasteiger partial charge in [-0.2, -0.15) is 0 Å². The van der Waals surface area contributed by atoms with Crippen LogP contribution in [0.3, 0.4) is 0 Å². The quantitative estimate of drug-likeness (QED) is 0.371. The maximum atomic E-state index is 6.12. The first-order valence-electron chi connectivity index (χ1n) is 10.3. The Morgan fingerprint density at radius 3 is 2.48 bits per heavy atom. The van der Waals surface area contributed by atoms with Crippen LogP contribution in [-0.4, -0.2) is 24.2 Å². The Labute approximate surface area is 182 Å². The first-order chi connectivity index (χ1) is 15.2. The molecule has 0 bridgehead atoms. The third kappa shape index (κ3) is 5.81. The predicted molar refractivity (Wildman–Crippen MR) is 123 cm³/mol. The topological polar surface area (TPSA) is 70.5 Å². The largest absolute Gasteiger partial charge is 0.497 e. The van der Waals surface area contributed by atoms with E-state index >= 15 is 0 Å². The van der Waals surface area contributed by atoms with Crippen LogP contribution >= 0.6 is 0 Å². The number of allylic oxidation sites excluding steroid dienone is 1. The van der Waals surface area contributed by atoms with Gasteiger partial charge in [-0.15, -0.1) is 0 Å². The van der Waals surface area contributed by atoms with E-state index in [-0.39, 0.29) is 6.04 Å². The highest BCUT2D eigenvalue weighted by Gasteiger charge is 2.08. The van der Waals surface area contributed by atoms with Crippen molar-refractivity contribution in [2.75, 3.05) is 13.2 Å². The molecule has 0 radical (unpaired) electrons. The molecular formula is C26H26N2O3. The van der Waals surface area contributed by atoms with Gasteiger partial charge in [0.05, 0.1) is 25.0 Å². The van der Waals surface area contributed by atoms with Crippen LogP contribution in [0.25, 0.3) is 28.6 Å². The number of ether oxygens (including phenoxy) is 2. The highest BCUT2D eigenvalue weighted by Crippen LogP contribution is 2.24. The number of nitrogens with two attached hydrogens (primary N) is 1. The van der Waals surface area contributed by atoms with Gasteiger partial charge in [0.15, 0.2) is 5.58 Å². The smallest absolute Gasteiger partial charge is 0.227 e. The summed E-state index contributed by atoms with van der Waals surface area (Å²) in [7, 11) is 0. The van der Waals surface area contributed by atoms with E-state index in [2.05, 4.69) is 4.98 Å². The van der Waals surface area contributed by atoms with E-state index in [1.54, 1.807) is 0 Å². The van der Waals surface area contributed by atoms with Crippen molar-refractivity contribution in [2.45, 2.75) is 19.6 Å². The highest BCUT2D eigenvalue weighted by molar-refractivity contribution is 5.75. The molecule has 3 aromatic carbocycles. The zero-order chi connectivity index (χ0) is 21.5. The number of hydrogen-bond acceptors (Lipinski definition) is 5. The average Bonchev–Trinajstić information content (AvgIpc) is 3.23. The zero-order valence-corrected chi connectivity index (χ0v) is 17.5. The standard InChI is InChI=1S/C26H26N2O3/c1-19(15-20-7-3-2-4-8-20)30-18-23(27)17-29-16-21-11-13-22(14-12-21)26-28-24-9-5-6-10-25(24)31-26/h2-15,23H,16-18,27H2,1H3/b19-15+. The van der Waals surface area contributed by atoms with Gasteiger partial charge in [0.1, 0.15) is 12.1 Å². The Balaban J connectivity index is 1.22. The fourth-order valence-corrected chi connectivity index (χ4v) is 3.18. The first-order valence-corrected chi connectivity index (χ1v) is 10.3. The summed E-state index contributed by atoms with van der Waals surface area (Å²) in [5.74, 6) is 1.45. The molecule has 1 atom stereocenters. The first kappa shape index (κ1) is 20.8. The van der Waals surface area contributed by atoms with E-state index in [0.717, 1.165) is 33.5 Å². The Morgan fingerprint density at radius 2 is 1.71 bits per heavy atom. The third-order valence-electron chi connectivity index (χ3n) is 4.79. The molecule has 0 aliphatic rings. The number of para-hydroxylation sites is 2. The molecule has 0 saturated heterocycles. The summed E-state index contributed by atoms with van der Waals surface area (Å²) in [6.07, 6.45) is 1.99. The lowest BCUT2D eigenvalue weighted by Crippen LogP contribution is -2.31. The molecule has 1 unspecified atom stereocenters. The molecule has 1 heterocycles. The molecular weight excluding hydrogens is 388 g/mol. The predicted octanol–water partition coefficient (Wildman–Crippen LogP) is 5.42. The number of rotatable bonds is 9. The minimum atomic E-state index is -0.196. The van der Waals surface area contributed by atoms with E-state index in [9.17, 15) is 0 Å². The molecule has 5 heteroatoms. The van der Waals surface area contributed by atoms with E-state index in [0.29, 0.717) is 25.7 Å². The normalized spacial score (nSPS) is 12.8. The molecule has 4 rings (SSSR count). The van der Waals surface area contributed by atoms with Gasteiger partial charge in [-0.25, -0.2) is 4.98 Å². The van der Waals surface area contributed by atoms with Gasteiger partial charge in [0.25, 0.3) is 0 Å². The number of aromatic nitrogens is 1. The van der Waals surface area contributed by atoms with Crippen molar-refractivity contribution in [1.29, 1.82) is 0 Å². The Hall–Kier alpha value is -3.41. The molecule has 0 saturated carbocycles. The molecule has 5 nitrogen and oxygen atoms in total. The molecule has 0 fully saturated rings. The summed E-state index contributed by atoms with van der Waals surface area (Å²) in [4.78, 5) is 4.53. The van der Waals surface area contributed by atoms with Crippen molar-refractivity contribution in [2.24, 2.45) is 5.73 Å². The van der Waals surface area contributed by atoms with Crippen molar-refractivity contribution >= 4 is 17.2 Å². The molecule has 2 N–H and O–H groups in total. The number of benzene rings is 3. The monoisotopic (exact) mass is 414 g/mol. The zero-order valence-electron chi connectivity index (χ0n) is 17.5. The second kappa shape index (κ2) is 10.1. The van der Waals surface area contributed by atoms with Crippen molar-refractivity contribution in [3.63, 3.8) is 0 Å². The van der Waals surface area contributed by atoms with E-state index in [4.69, 9.17) is 19.6 Å². The molecule has 0 amide bonds. The average molecular weight is 415 g/mol. The Bertz CT molecular complexity index is 1100. The summed E-state index contributed by atoms with van der Waals surface area (Å²) >= 11 is 0. The summed E-state index contributed by atoms with van der Waals surface area (Å²) in [5, 5.41) is 0. The number of hydrogen-bond donors (Lipinski definition) is 1. The van der Waals surface area contributed by atoms with E-state index in [1.807, 2.05) is 91.9 Å². The molecule has 0 aliphatic carbocycles. The summed E-state index contributed by atoms with van der Waals surface area (Å²) in [6.45, 7) is 3.25. The van der Waals surface area contributed by atoms with Gasteiger partial charge >= 0.3 is 0 Å². The molecule has 31 heavy (non-hydrogen) atoms. The fraction of sp³-hybridized carbons (Fsp3) is 0.192. The molecule has 0 spiro atoms. The Kier molecular flexibility index (Phi) is 6.77. The maximum Gasteiger partial charge on any atom is 0.227 e. The van der Waals surface area contributed by atoms with Gasteiger partial charge in [-0.05, 0) is 48.4 Å². The van der Waals surface area contributed by atoms with Crippen LogP contribution < -0.4 is 5.73 Å². The van der Waals surface area contributed by atoms with Crippen LogP contribution in [-0.2, 0) is 16.1 Å². The van der Waals surface area contributed by atoms with Crippen molar-refractivity contribution in [3.05, 3.63) is 95.7 Å². The lowest BCUT2D eigenvalue weighted by Gasteiger charge is -2.14.